The number of methoxy groups -OCH3 is 1. The van der Waals surface area contributed by atoms with Crippen molar-refractivity contribution >= 4 is 5.97 Å². The third-order valence-electron chi connectivity index (χ3n) is 4.03. The Balaban J connectivity index is 1.92. The lowest BCUT2D eigenvalue weighted by Crippen LogP contribution is -2.21. The first-order valence-corrected chi connectivity index (χ1v) is 6.99. The van der Waals surface area contributed by atoms with Gasteiger partial charge in [-0.15, -0.1) is 0 Å². The van der Waals surface area contributed by atoms with Gasteiger partial charge < -0.3 is 4.74 Å². The number of carbonyl (C=O) groups excluding carboxylic acids is 1. The van der Waals surface area contributed by atoms with Crippen molar-refractivity contribution in [1.29, 1.82) is 0 Å². The van der Waals surface area contributed by atoms with E-state index in [1.807, 2.05) is 24.3 Å². The van der Waals surface area contributed by atoms with Crippen molar-refractivity contribution in [3.8, 4) is 0 Å². The average molecular weight is 261 g/mol. The second kappa shape index (κ2) is 6.20. The molecule has 3 heteroatoms. The molecule has 3 nitrogen and oxygen atoms in total. The van der Waals surface area contributed by atoms with Gasteiger partial charge in [0.1, 0.15) is 0 Å². The predicted molar refractivity (Wildman–Crippen MR) is 76.0 cm³/mol. The highest BCUT2D eigenvalue weighted by Crippen LogP contribution is 2.24. The zero-order valence-electron chi connectivity index (χ0n) is 12.1. The highest BCUT2D eigenvalue weighted by Gasteiger charge is 2.24. The Morgan fingerprint density at radius 1 is 1.37 bits per heavy atom. The maximum absolute atomic E-state index is 11.4. The molecule has 19 heavy (non-hydrogen) atoms. The van der Waals surface area contributed by atoms with Gasteiger partial charge in [0.05, 0.1) is 12.7 Å². The number of carbonyl (C=O) groups is 1. The lowest BCUT2D eigenvalue weighted by atomic mass is 9.95. The van der Waals surface area contributed by atoms with E-state index in [2.05, 4.69) is 18.7 Å². The van der Waals surface area contributed by atoms with Crippen molar-refractivity contribution in [2.45, 2.75) is 26.8 Å². The van der Waals surface area contributed by atoms with Crippen LogP contribution in [0.1, 0.15) is 36.2 Å². The lowest BCUT2D eigenvalue weighted by Gasteiger charge is -2.18. The lowest BCUT2D eigenvalue weighted by molar-refractivity contribution is 0.0600. The van der Waals surface area contributed by atoms with Crippen LogP contribution in [0.15, 0.2) is 24.3 Å². The summed E-state index contributed by atoms with van der Waals surface area (Å²) in [5.74, 6) is 1.33. The molecule has 1 aliphatic rings. The monoisotopic (exact) mass is 261 g/mol. The highest BCUT2D eigenvalue weighted by molar-refractivity contribution is 5.89. The Hall–Kier alpha value is -1.35. The summed E-state index contributed by atoms with van der Waals surface area (Å²) in [5.41, 5.74) is 1.88. The van der Waals surface area contributed by atoms with Gasteiger partial charge in [-0.2, -0.15) is 0 Å². The van der Waals surface area contributed by atoms with E-state index in [-0.39, 0.29) is 5.97 Å². The summed E-state index contributed by atoms with van der Waals surface area (Å²) in [4.78, 5) is 13.9. The summed E-state index contributed by atoms with van der Waals surface area (Å²) in [6.45, 7) is 7.96. The van der Waals surface area contributed by atoms with Crippen molar-refractivity contribution in [2.24, 2.45) is 11.8 Å². The third-order valence-corrected chi connectivity index (χ3v) is 4.03. The fraction of sp³-hybridized carbons (Fsp3) is 0.562. The summed E-state index contributed by atoms with van der Waals surface area (Å²) < 4.78 is 4.70. The maximum Gasteiger partial charge on any atom is 0.337 e. The van der Waals surface area contributed by atoms with Gasteiger partial charge in [0.25, 0.3) is 0 Å². The number of likely N-dealkylation sites (tertiary alicyclic amines) is 1. The van der Waals surface area contributed by atoms with Crippen molar-refractivity contribution < 1.29 is 9.53 Å². The quantitative estimate of drug-likeness (QED) is 0.780. The van der Waals surface area contributed by atoms with Crippen molar-refractivity contribution in [3.63, 3.8) is 0 Å². The Kier molecular flexibility index (Phi) is 4.59. The first-order valence-electron chi connectivity index (χ1n) is 6.99. The van der Waals surface area contributed by atoms with Gasteiger partial charge in [-0.1, -0.05) is 26.0 Å². The Morgan fingerprint density at radius 3 is 2.58 bits per heavy atom. The molecule has 0 spiro atoms. The Morgan fingerprint density at radius 2 is 2.05 bits per heavy atom. The van der Waals surface area contributed by atoms with Crippen LogP contribution in [-0.4, -0.2) is 31.1 Å². The van der Waals surface area contributed by atoms with E-state index < -0.39 is 0 Å². The van der Waals surface area contributed by atoms with Crippen LogP contribution in [0.3, 0.4) is 0 Å². The molecule has 0 radical (unpaired) electrons. The molecule has 1 aliphatic heterocycles. The minimum Gasteiger partial charge on any atom is -0.465 e. The summed E-state index contributed by atoms with van der Waals surface area (Å²) in [5, 5.41) is 0. The van der Waals surface area contributed by atoms with Gasteiger partial charge in [-0.25, -0.2) is 4.79 Å². The summed E-state index contributed by atoms with van der Waals surface area (Å²) in [7, 11) is 1.41. The molecule has 0 N–H and O–H groups in total. The molecule has 1 atom stereocenters. The molecule has 0 aliphatic carbocycles. The van der Waals surface area contributed by atoms with Crippen LogP contribution < -0.4 is 0 Å². The van der Waals surface area contributed by atoms with Crippen molar-refractivity contribution in [3.05, 3.63) is 35.4 Å². The van der Waals surface area contributed by atoms with E-state index in [1.54, 1.807) is 0 Å². The number of esters is 1. The first kappa shape index (κ1) is 14.1. The smallest absolute Gasteiger partial charge is 0.337 e. The normalized spacial score (nSPS) is 19.9. The van der Waals surface area contributed by atoms with E-state index >= 15 is 0 Å². The fourth-order valence-corrected chi connectivity index (χ4v) is 2.67. The van der Waals surface area contributed by atoms with E-state index in [0.29, 0.717) is 5.56 Å². The van der Waals surface area contributed by atoms with Gasteiger partial charge in [-0.3, -0.25) is 4.90 Å². The molecule has 1 fully saturated rings. The third kappa shape index (κ3) is 3.57. The van der Waals surface area contributed by atoms with E-state index in [1.165, 1.54) is 32.2 Å². The molecular formula is C16H23NO2. The highest BCUT2D eigenvalue weighted by atomic mass is 16.5. The number of ether oxygens (including phenoxy) is 1. The van der Waals surface area contributed by atoms with Crippen LogP contribution >= 0.6 is 0 Å². The summed E-state index contributed by atoms with van der Waals surface area (Å²) >= 11 is 0. The van der Waals surface area contributed by atoms with Gasteiger partial charge in [0.2, 0.25) is 0 Å². The van der Waals surface area contributed by atoms with Gasteiger partial charge >= 0.3 is 5.97 Å². The van der Waals surface area contributed by atoms with Crippen LogP contribution in [-0.2, 0) is 11.3 Å². The summed E-state index contributed by atoms with van der Waals surface area (Å²) in [6, 6.07) is 7.73. The number of nitrogens with zero attached hydrogens (tertiary/aromatic N) is 1. The van der Waals surface area contributed by atoms with Crippen molar-refractivity contribution in [1.82, 2.24) is 4.90 Å². The SMILES string of the molecule is COC(=O)c1ccc(CN2CCC(C(C)C)C2)cc1. The minimum atomic E-state index is -0.271. The largest absolute Gasteiger partial charge is 0.465 e. The Bertz CT molecular complexity index is 425. The number of hydrogen-bond acceptors (Lipinski definition) is 3. The molecule has 1 aromatic rings. The molecule has 104 valence electrons. The molecule has 1 unspecified atom stereocenters. The van der Waals surface area contributed by atoms with E-state index in [4.69, 9.17) is 4.74 Å². The molecule has 2 rings (SSSR count). The molecule has 0 amide bonds. The van der Waals surface area contributed by atoms with Crippen LogP contribution in [0.5, 0.6) is 0 Å². The van der Waals surface area contributed by atoms with Crippen molar-refractivity contribution in [2.75, 3.05) is 20.2 Å². The molecule has 1 heterocycles. The topological polar surface area (TPSA) is 29.5 Å². The van der Waals surface area contributed by atoms with Crippen LogP contribution in [0.25, 0.3) is 0 Å². The van der Waals surface area contributed by atoms with E-state index in [0.717, 1.165) is 18.4 Å². The minimum absolute atomic E-state index is 0.271. The second-order valence-corrected chi connectivity index (χ2v) is 5.72. The Labute approximate surface area is 115 Å². The molecule has 1 saturated heterocycles. The summed E-state index contributed by atoms with van der Waals surface area (Å²) in [6.07, 6.45) is 1.30. The number of benzene rings is 1. The number of hydrogen-bond donors (Lipinski definition) is 0. The molecular weight excluding hydrogens is 238 g/mol. The van der Waals surface area contributed by atoms with Gasteiger partial charge in [-0.05, 0) is 42.5 Å². The zero-order chi connectivity index (χ0) is 13.8. The molecule has 0 saturated carbocycles. The first-order chi connectivity index (χ1) is 9.10. The maximum atomic E-state index is 11.4. The molecule has 0 bridgehead atoms. The van der Waals surface area contributed by atoms with Crippen LogP contribution in [0, 0.1) is 11.8 Å². The second-order valence-electron chi connectivity index (χ2n) is 5.72. The van der Waals surface area contributed by atoms with E-state index in [9.17, 15) is 4.79 Å². The fourth-order valence-electron chi connectivity index (χ4n) is 2.67. The number of rotatable bonds is 4. The molecule has 0 aromatic heterocycles. The van der Waals surface area contributed by atoms with Gasteiger partial charge in [0.15, 0.2) is 0 Å². The van der Waals surface area contributed by atoms with Gasteiger partial charge in [0, 0.05) is 13.1 Å². The molecule has 1 aromatic carbocycles. The predicted octanol–water partition coefficient (Wildman–Crippen LogP) is 2.95. The van der Waals surface area contributed by atoms with Crippen LogP contribution in [0.2, 0.25) is 0 Å². The standard InChI is InChI=1S/C16H23NO2/c1-12(2)15-8-9-17(11-15)10-13-4-6-14(7-5-13)16(18)19-3/h4-7,12,15H,8-11H2,1-3H3. The average Bonchev–Trinajstić information content (AvgIpc) is 2.87. The zero-order valence-corrected chi connectivity index (χ0v) is 12.1. The van der Waals surface area contributed by atoms with Crippen LogP contribution in [0.4, 0.5) is 0 Å².